The summed E-state index contributed by atoms with van der Waals surface area (Å²) >= 11 is 6.13. The van der Waals surface area contributed by atoms with Crippen molar-refractivity contribution in [3.05, 3.63) is 47.0 Å². The second-order valence-electron chi connectivity index (χ2n) is 9.07. The zero-order valence-electron chi connectivity index (χ0n) is 17.7. The van der Waals surface area contributed by atoms with Crippen molar-refractivity contribution in [2.75, 3.05) is 26.7 Å². The highest BCUT2D eigenvalue weighted by atomic mass is 35.5. The van der Waals surface area contributed by atoms with Crippen LogP contribution < -0.4 is 10.6 Å². The molecule has 1 aliphatic heterocycles. The minimum atomic E-state index is -0.146. The first-order valence-electron chi connectivity index (χ1n) is 10.6. The van der Waals surface area contributed by atoms with Gasteiger partial charge in [0.15, 0.2) is 5.96 Å². The lowest BCUT2D eigenvalue weighted by molar-refractivity contribution is -0.140. The Bertz CT molecular complexity index is 880. The number of aliphatic imine (C=N–C) groups is 1. The van der Waals surface area contributed by atoms with Crippen LogP contribution in [0.25, 0.3) is 0 Å². The number of amides is 2. The van der Waals surface area contributed by atoms with Crippen LogP contribution in [0.5, 0.6) is 0 Å². The highest BCUT2D eigenvalue weighted by molar-refractivity contribution is 6.30. The minimum absolute atomic E-state index is 0.00585. The summed E-state index contributed by atoms with van der Waals surface area (Å²) in [4.78, 5) is 31.2. The number of nitrogens with one attached hydrogen (secondary N) is 2. The van der Waals surface area contributed by atoms with Gasteiger partial charge in [-0.2, -0.15) is 0 Å². The van der Waals surface area contributed by atoms with E-state index in [1.54, 1.807) is 7.05 Å². The Morgan fingerprint density at radius 3 is 2.43 bits per heavy atom. The SMILES string of the molecule is CN=C(NCCN1C(=O)C2C3C=CC(C3)C2C1=O)NCC(C)(C)c1cccc(Cl)c1. The second kappa shape index (κ2) is 8.06. The number of allylic oxidation sites excluding steroid dienone is 2. The number of hydrogen-bond donors (Lipinski definition) is 2. The summed E-state index contributed by atoms with van der Waals surface area (Å²) in [5.74, 6) is 0.857. The Morgan fingerprint density at radius 2 is 1.83 bits per heavy atom. The fourth-order valence-corrected chi connectivity index (χ4v) is 5.20. The number of hydrogen-bond acceptors (Lipinski definition) is 3. The van der Waals surface area contributed by atoms with E-state index in [4.69, 9.17) is 11.6 Å². The minimum Gasteiger partial charge on any atom is -0.356 e. The maximum absolute atomic E-state index is 12.8. The molecule has 3 aliphatic rings. The van der Waals surface area contributed by atoms with Crippen molar-refractivity contribution >= 4 is 29.4 Å². The van der Waals surface area contributed by atoms with Crippen LogP contribution in [0, 0.1) is 23.7 Å². The Hall–Kier alpha value is -2.34. The Labute approximate surface area is 182 Å². The van der Waals surface area contributed by atoms with E-state index >= 15 is 0 Å². The molecule has 1 saturated carbocycles. The lowest BCUT2D eigenvalue weighted by Gasteiger charge is -2.27. The van der Waals surface area contributed by atoms with Crippen LogP contribution in [-0.2, 0) is 15.0 Å². The summed E-state index contributed by atoms with van der Waals surface area (Å²) in [6.45, 7) is 5.77. The van der Waals surface area contributed by atoms with Gasteiger partial charge >= 0.3 is 0 Å². The summed E-state index contributed by atoms with van der Waals surface area (Å²) in [5.41, 5.74) is 0.994. The van der Waals surface area contributed by atoms with Gasteiger partial charge < -0.3 is 10.6 Å². The van der Waals surface area contributed by atoms with Crippen molar-refractivity contribution in [2.24, 2.45) is 28.7 Å². The van der Waals surface area contributed by atoms with Gasteiger partial charge in [0.2, 0.25) is 11.8 Å². The number of likely N-dealkylation sites (tertiary alicyclic amines) is 1. The zero-order chi connectivity index (χ0) is 21.5. The van der Waals surface area contributed by atoms with Gasteiger partial charge in [-0.05, 0) is 36.0 Å². The van der Waals surface area contributed by atoms with Gasteiger partial charge in [0, 0.05) is 37.1 Å². The third-order valence-electron chi connectivity index (χ3n) is 6.72. The molecule has 2 fully saturated rings. The van der Waals surface area contributed by atoms with Gasteiger partial charge in [-0.15, -0.1) is 0 Å². The van der Waals surface area contributed by atoms with Crippen molar-refractivity contribution in [3.63, 3.8) is 0 Å². The number of imide groups is 1. The predicted octanol–water partition coefficient (Wildman–Crippen LogP) is 2.59. The molecular weight excluding hydrogens is 400 g/mol. The standard InChI is InChI=1S/C23H29ClN4O2/c1-23(2,16-5-4-6-17(24)12-16)13-27-22(25-3)26-9-10-28-20(29)18-14-7-8-15(11-14)19(18)21(28)30/h4-8,12,14-15,18-19H,9-11,13H2,1-3H3,(H2,25,26,27). The molecule has 4 atom stereocenters. The molecule has 1 saturated heterocycles. The molecule has 1 heterocycles. The maximum Gasteiger partial charge on any atom is 0.233 e. The number of halogens is 1. The fourth-order valence-electron chi connectivity index (χ4n) is 5.01. The van der Waals surface area contributed by atoms with E-state index in [-0.39, 0.29) is 40.9 Å². The molecule has 160 valence electrons. The van der Waals surface area contributed by atoms with Crippen LogP contribution in [0.3, 0.4) is 0 Å². The largest absolute Gasteiger partial charge is 0.356 e. The van der Waals surface area contributed by atoms with Crippen LogP contribution in [-0.4, -0.2) is 49.4 Å². The van der Waals surface area contributed by atoms with E-state index in [1.807, 2.05) is 18.2 Å². The van der Waals surface area contributed by atoms with E-state index in [0.29, 0.717) is 25.6 Å². The average Bonchev–Trinajstić information content (AvgIpc) is 3.40. The molecule has 4 rings (SSSR count). The summed E-state index contributed by atoms with van der Waals surface area (Å²) in [7, 11) is 1.71. The summed E-state index contributed by atoms with van der Waals surface area (Å²) < 4.78 is 0. The number of nitrogens with zero attached hydrogens (tertiary/aromatic N) is 2. The van der Waals surface area contributed by atoms with Gasteiger partial charge in [-0.25, -0.2) is 0 Å². The van der Waals surface area contributed by atoms with E-state index in [9.17, 15) is 9.59 Å². The molecular formula is C23H29ClN4O2. The van der Waals surface area contributed by atoms with E-state index in [1.165, 1.54) is 4.90 Å². The lowest BCUT2D eigenvalue weighted by atomic mass is 9.84. The number of carbonyl (C=O) groups is 2. The predicted molar refractivity (Wildman–Crippen MR) is 118 cm³/mol. The van der Waals surface area contributed by atoms with Crippen molar-refractivity contribution in [1.29, 1.82) is 0 Å². The topological polar surface area (TPSA) is 73.8 Å². The van der Waals surface area contributed by atoms with E-state index < -0.39 is 0 Å². The first-order valence-corrected chi connectivity index (χ1v) is 10.9. The molecule has 0 aromatic heterocycles. The second-order valence-corrected chi connectivity index (χ2v) is 9.51. The number of rotatable bonds is 6. The molecule has 1 aromatic carbocycles. The number of benzene rings is 1. The van der Waals surface area contributed by atoms with Crippen molar-refractivity contribution < 1.29 is 9.59 Å². The quantitative estimate of drug-likeness (QED) is 0.316. The van der Waals surface area contributed by atoms with Crippen LogP contribution in [0.4, 0.5) is 0 Å². The normalized spacial score (nSPS) is 27.7. The summed E-state index contributed by atoms with van der Waals surface area (Å²) in [6.07, 6.45) is 5.19. The van der Waals surface area contributed by atoms with Crippen LogP contribution >= 0.6 is 11.6 Å². The highest BCUT2D eigenvalue weighted by Gasteiger charge is 2.58. The lowest BCUT2D eigenvalue weighted by Crippen LogP contribution is -2.46. The molecule has 1 aromatic rings. The average molecular weight is 429 g/mol. The van der Waals surface area contributed by atoms with Gasteiger partial charge in [-0.3, -0.25) is 19.5 Å². The molecule has 6 nitrogen and oxygen atoms in total. The molecule has 0 spiro atoms. The van der Waals surface area contributed by atoms with Crippen LogP contribution in [0.1, 0.15) is 25.8 Å². The molecule has 2 amide bonds. The van der Waals surface area contributed by atoms with Crippen LogP contribution in [0.2, 0.25) is 5.02 Å². The monoisotopic (exact) mass is 428 g/mol. The Morgan fingerprint density at radius 1 is 1.17 bits per heavy atom. The number of guanidine groups is 1. The summed E-state index contributed by atoms with van der Waals surface area (Å²) in [6, 6.07) is 7.86. The highest BCUT2D eigenvalue weighted by Crippen LogP contribution is 2.52. The molecule has 30 heavy (non-hydrogen) atoms. The molecule has 7 heteroatoms. The molecule has 4 unspecified atom stereocenters. The number of carbonyl (C=O) groups excluding carboxylic acids is 2. The number of fused-ring (bicyclic) bond motifs is 5. The van der Waals surface area contributed by atoms with Crippen molar-refractivity contribution in [3.8, 4) is 0 Å². The smallest absolute Gasteiger partial charge is 0.233 e. The van der Waals surface area contributed by atoms with Crippen LogP contribution in [0.15, 0.2) is 41.4 Å². The molecule has 2 N–H and O–H groups in total. The van der Waals surface area contributed by atoms with Gasteiger partial charge in [0.05, 0.1) is 11.8 Å². The zero-order valence-corrected chi connectivity index (χ0v) is 18.4. The van der Waals surface area contributed by atoms with Gasteiger partial charge in [0.1, 0.15) is 0 Å². The first kappa shape index (κ1) is 20.9. The van der Waals surface area contributed by atoms with Crippen molar-refractivity contribution in [2.45, 2.75) is 25.7 Å². The third-order valence-corrected chi connectivity index (χ3v) is 6.95. The Balaban J connectivity index is 1.28. The first-order chi connectivity index (χ1) is 14.3. The third kappa shape index (κ3) is 3.73. The van der Waals surface area contributed by atoms with Gasteiger partial charge in [0.25, 0.3) is 0 Å². The van der Waals surface area contributed by atoms with E-state index in [2.05, 4.69) is 47.7 Å². The molecule has 2 bridgehead atoms. The Kier molecular flexibility index (Phi) is 5.62. The molecule has 0 radical (unpaired) electrons. The van der Waals surface area contributed by atoms with Gasteiger partial charge in [-0.1, -0.05) is 49.7 Å². The molecule has 2 aliphatic carbocycles. The fraction of sp³-hybridized carbons (Fsp3) is 0.522. The summed E-state index contributed by atoms with van der Waals surface area (Å²) in [5, 5.41) is 7.28. The van der Waals surface area contributed by atoms with E-state index in [0.717, 1.165) is 17.0 Å². The maximum atomic E-state index is 12.8. The van der Waals surface area contributed by atoms with Crippen molar-refractivity contribution in [1.82, 2.24) is 15.5 Å².